The molecule has 0 spiro atoms. The summed E-state index contributed by atoms with van der Waals surface area (Å²) in [5.41, 5.74) is 0.660. The quantitative estimate of drug-likeness (QED) is 0.882. The largest absolute Gasteiger partial charge is 0.467 e. The third-order valence-corrected chi connectivity index (χ3v) is 3.12. The van der Waals surface area contributed by atoms with Gasteiger partial charge in [-0.15, -0.1) is 0 Å². The van der Waals surface area contributed by atoms with Crippen molar-refractivity contribution in [2.24, 2.45) is 0 Å². The summed E-state index contributed by atoms with van der Waals surface area (Å²) < 4.78 is 5.12. The number of amides is 1. The molecule has 5 heteroatoms. The van der Waals surface area contributed by atoms with Gasteiger partial charge in [0.05, 0.1) is 23.5 Å². The summed E-state index contributed by atoms with van der Waals surface area (Å²) in [5.74, 6) is 0.139. The maximum absolute atomic E-state index is 12.1. The van der Waals surface area contributed by atoms with E-state index in [1.165, 1.54) is 6.26 Å². The zero-order valence-electron chi connectivity index (χ0n) is 11.6. The molecule has 0 aliphatic carbocycles. The summed E-state index contributed by atoms with van der Waals surface area (Å²) in [5, 5.41) is 21.7. The Labute approximate surface area is 122 Å². The van der Waals surface area contributed by atoms with Gasteiger partial charge in [0.2, 0.25) is 0 Å². The fourth-order valence-electron chi connectivity index (χ4n) is 2.07. The lowest BCUT2D eigenvalue weighted by Gasteiger charge is -2.17. The SMILES string of the molecule is CC(CC(O)c1ccco1)NC(=O)c1ccccc1C#N. The molecule has 0 aliphatic heterocycles. The van der Waals surface area contributed by atoms with Gasteiger partial charge in [-0.2, -0.15) is 5.26 Å². The Bertz CT molecular complexity index is 644. The highest BCUT2D eigenvalue weighted by atomic mass is 16.4. The molecule has 2 rings (SSSR count). The number of benzene rings is 1. The van der Waals surface area contributed by atoms with Crippen LogP contribution in [-0.2, 0) is 0 Å². The molecule has 1 heterocycles. The van der Waals surface area contributed by atoms with Gasteiger partial charge in [-0.25, -0.2) is 0 Å². The second kappa shape index (κ2) is 6.73. The molecule has 2 unspecified atom stereocenters. The number of carbonyl (C=O) groups is 1. The first-order valence-corrected chi connectivity index (χ1v) is 6.63. The molecule has 0 saturated carbocycles. The van der Waals surface area contributed by atoms with Crippen LogP contribution in [0.5, 0.6) is 0 Å². The Kier molecular flexibility index (Phi) is 4.75. The maximum Gasteiger partial charge on any atom is 0.252 e. The van der Waals surface area contributed by atoms with Crippen molar-refractivity contribution >= 4 is 5.91 Å². The number of furan rings is 1. The van der Waals surface area contributed by atoms with E-state index in [1.54, 1.807) is 43.3 Å². The minimum Gasteiger partial charge on any atom is -0.467 e. The lowest BCUT2D eigenvalue weighted by atomic mass is 10.1. The average Bonchev–Trinajstić information content (AvgIpc) is 3.01. The van der Waals surface area contributed by atoms with Gasteiger partial charge in [0, 0.05) is 12.5 Å². The zero-order valence-corrected chi connectivity index (χ0v) is 11.6. The van der Waals surface area contributed by atoms with Gasteiger partial charge in [-0.05, 0) is 31.2 Å². The van der Waals surface area contributed by atoms with E-state index in [0.717, 1.165) is 0 Å². The number of nitriles is 1. The highest BCUT2D eigenvalue weighted by molar-refractivity contribution is 5.96. The third kappa shape index (κ3) is 3.71. The molecule has 2 aromatic rings. The number of hydrogen-bond donors (Lipinski definition) is 2. The maximum atomic E-state index is 12.1. The molecule has 0 aliphatic rings. The van der Waals surface area contributed by atoms with E-state index in [2.05, 4.69) is 5.32 Å². The summed E-state index contributed by atoms with van der Waals surface area (Å²) >= 11 is 0. The molecule has 108 valence electrons. The van der Waals surface area contributed by atoms with E-state index in [9.17, 15) is 9.90 Å². The molecule has 1 aromatic heterocycles. The number of rotatable bonds is 5. The summed E-state index contributed by atoms with van der Waals surface area (Å²) in [6.07, 6.45) is 1.04. The van der Waals surface area contributed by atoms with Gasteiger partial charge < -0.3 is 14.8 Å². The van der Waals surface area contributed by atoms with E-state index < -0.39 is 6.10 Å². The van der Waals surface area contributed by atoms with E-state index in [-0.39, 0.29) is 11.9 Å². The van der Waals surface area contributed by atoms with Gasteiger partial charge in [0.15, 0.2) is 0 Å². The van der Waals surface area contributed by atoms with Crippen molar-refractivity contribution in [2.45, 2.75) is 25.5 Å². The second-order valence-corrected chi connectivity index (χ2v) is 4.80. The first kappa shape index (κ1) is 14.8. The summed E-state index contributed by atoms with van der Waals surface area (Å²) in [4.78, 5) is 12.1. The fraction of sp³-hybridized carbons (Fsp3) is 0.250. The number of nitrogens with one attached hydrogen (secondary N) is 1. The fourth-order valence-corrected chi connectivity index (χ4v) is 2.07. The van der Waals surface area contributed by atoms with Crippen molar-refractivity contribution < 1.29 is 14.3 Å². The highest BCUT2D eigenvalue weighted by Crippen LogP contribution is 2.18. The minimum atomic E-state index is -0.776. The van der Waals surface area contributed by atoms with Crippen LogP contribution in [0.15, 0.2) is 47.1 Å². The molecule has 1 amide bonds. The van der Waals surface area contributed by atoms with Crippen LogP contribution in [0.3, 0.4) is 0 Å². The summed E-state index contributed by atoms with van der Waals surface area (Å²) in [6, 6.07) is 11.7. The van der Waals surface area contributed by atoms with E-state index in [0.29, 0.717) is 23.3 Å². The molecule has 1 aromatic carbocycles. The molecule has 2 N–H and O–H groups in total. The molecule has 0 saturated heterocycles. The van der Waals surface area contributed by atoms with Crippen LogP contribution in [0.1, 0.15) is 41.1 Å². The Morgan fingerprint density at radius 1 is 1.38 bits per heavy atom. The van der Waals surface area contributed by atoms with E-state index in [4.69, 9.17) is 9.68 Å². The zero-order chi connectivity index (χ0) is 15.2. The standard InChI is InChI=1S/C16H16N2O3/c1-11(9-14(19)15-7-4-8-21-15)18-16(20)13-6-3-2-5-12(13)10-17/h2-8,11,14,19H,9H2,1H3,(H,18,20). The summed E-state index contributed by atoms with van der Waals surface area (Å²) in [7, 11) is 0. The van der Waals surface area contributed by atoms with Crippen LogP contribution in [0.4, 0.5) is 0 Å². The number of nitrogens with zero attached hydrogens (tertiary/aromatic N) is 1. The third-order valence-electron chi connectivity index (χ3n) is 3.12. The van der Waals surface area contributed by atoms with Gasteiger partial charge in [0.1, 0.15) is 11.9 Å². The van der Waals surface area contributed by atoms with Crippen molar-refractivity contribution in [3.05, 3.63) is 59.5 Å². The van der Waals surface area contributed by atoms with E-state index >= 15 is 0 Å². The number of hydrogen-bond acceptors (Lipinski definition) is 4. The predicted octanol–water partition coefficient (Wildman–Crippen LogP) is 2.39. The Balaban J connectivity index is 1.98. The van der Waals surface area contributed by atoms with Crippen molar-refractivity contribution in [3.63, 3.8) is 0 Å². The lowest BCUT2D eigenvalue weighted by molar-refractivity contribution is 0.0903. The van der Waals surface area contributed by atoms with Crippen molar-refractivity contribution in [1.29, 1.82) is 5.26 Å². The monoisotopic (exact) mass is 284 g/mol. The average molecular weight is 284 g/mol. The van der Waals surface area contributed by atoms with Gasteiger partial charge >= 0.3 is 0 Å². The number of aliphatic hydroxyl groups excluding tert-OH is 1. The molecule has 2 atom stereocenters. The second-order valence-electron chi connectivity index (χ2n) is 4.80. The molecular formula is C16H16N2O3. The topological polar surface area (TPSA) is 86.3 Å². The van der Waals surface area contributed by atoms with Gasteiger partial charge in [-0.1, -0.05) is 12.1 Å². The molecule has 0 radical (unpaired) electrons. The Morgan fingerprint density at radius 2 is 2.14 bits per heavy atom. The number of carbonyl (C=O) groups excluding carboxylic acids is 1. The van der Waals surface area contributed by atoms with Crippen LogP contribution in [0.25, 0.3) is 0 Å². The van der Waals surface area contributed by atoms with Crippen molar-refractivity contribution in [2.75, 3.05) is 0 Å². The summed E-state index contributed by atoms with van der Waals surface area (Å²) in [6.45, 7) is 1.79. The Hall–Kier alpha value is -2.58. The normalized spacial score (nSPS) is 13.2. The predicted molar refractivity (Wildman–Crippen MR) is 76.4 cm³/mol. The minimum absolute atomic E-state index is 0.260. The first-order valence-electron chi connectivity index (χ1n) is 6.63. The number of aliphatic hydroxyl groups is 1. The Morgan fingerprint density at radius 3 is 2.81 bits per heavy atom. The first-order chi connectivity index (χ1) is 10.1. The molecule has 5 nitrogen and oxygen atoms in total. The van der Waals surface area contributed by atoms with Crippen LogP contribution in [-0.4, -0.2) is 17.1 Å². The molecule has 0 fully saturated rings. The van der Waals surface area contributed by atoms with Crippen molar-refractivity contribution in [1.82, 2.24) is 5.32 Å². The van der Waals surface area contributed by atoms with Gasteiger partial charge in [-0.3, -0.25) is 4.79 Å². The van der Waals surface area contributed by atoms with Crippen LogP contribution < -0.4 is 5.32 Å². The van der Waals surface area contributed by atoms with Gasteiger partial charge in [0.25, 0.3) is 5.91 Å². The molecule has 21 heavy (non-hydrogen) atoms. The van der Waals surface area contributed by atoms with Crippen LogP contribution in [0.2, 0.25) is 0 Å². The highest BCUT2D eigenvalue weighted by Gasteiger charge is 2.18. The molecule has 0 bridgehead atoms. The van der Waals surface area contributed by atoms with Crippen molar-refractivity contribution in [3.8, 4) is 6.07 Å². The van der Waals surface area contributed by atoms with Crippen LogP contribution in [0, 0.1) is 11.3 Å². The lowest BCUT2D eigenvalue weighted by Crippen LogP contribution is -2.34. The van der Waals surface area contributed by atoms with Crippen LogP contribution >= 0.6 is 0 Å². The smallest absolute Gasteiger partial charge is 0.252 e. The molecular weight excluding hydrogens is 268 g/mol. The van der Waals surface area contributed by atoms with E-state index in [1.807, 2.05) is 6.07 Å².